The second-order valence-electron chi connectivity index (χ2n) is 6.83. The predicted octanol–water partition coefficient (Wildman–Crippen LogP) is 4.47. The Morgan fingerprint density at radius 3 is 2.66 bits per heavy atom. The third-order valence-corrected chi connectivity index (χ3v) is 6.29. The molecular formula is C20H20Cl2N4O2S. The molecule has 152 valence electrons. The molecule has 0 spiro atoms. The van der Waals surface area contributed by atoms with Gasteiger partial charge in [-0.1, -0.05) is 23.2 Å². The van der Waals surface area contributed by atoms with Crippen molar-refractivity contribution in [2.75, 3.05) is 38.0 Å². The second kappa shape index (κ2) is 9.28. The molecule has 9 heteroatoms. The summed E-state index contributed by atoms with van der Waals surface area (Å²) in [6.07, 6.45) is 1.66. The Morgan fingerprint density at radius 2 is 1.93 bits per heavy atom. The summed E-state index contributed by atoms with van der Waals surface area (Å²) in [5.74, 6) is 0.741. The number of rotatable bonds is 6. The standard InChI is InChI=1S/C20H20Cl2N4O2S/c21-15-4-3-14(10-16(15)22)23-19(27)11-25-5-7-26(8-6-25)12-20-24-17(13-29-20)18-2-1-9-28-18/h1-4,9-10,13H,5-8,11-12H2,(H,23,27). The van der Waals surface area contributed by atoms with Crippen LogP contribution in [0.25, 0.3) is 11.5 Å². The van der Waals surface area contributed by atoms with Gasteiger partial charge in [0, 0.05) is 37.2 Å². The van der Waals surface area contributed by atoms with Crippen LogP contribution < -0.4 is 5.32 Å². The first-order valence-corrected chi connectivity index (χ1v) is 10.9. The van der Waals surface area contributed by atoms with E-state index in [9.17, 15) is 4.79 Å². The number of benzene rings is 1. The number of carbonyl (C=O) groups is 1. The lowest BCUT2D eigenvalue weighted by molar-refractivity contribution is -0.117. The minimum atomic E-state index is -0.0557. The van der Waals surface area contributed by atoms with Gasteiger partial charge in [-0.15, -0.1) is 11.3 Å². The Kier molecular flexibility index (Phi) is 6.52. The molecule has 0 unspecified atom stereocenters. The van der Waals surface area contributed by atoms with Crippen molar-refractivity contribution in [2.45, 2.75) is 6.54 Å². The maximum atomic E-state index is 12.3. The van der Waals surface area contributed by atoms with Crippen LogP contribution in [0.2, 0.25) is 10.0 Å². The quantitative estimate of drug-likeness (QED) is 0.600. The van der Waals surface area contributed by atoms with Crippen LogP contribution in [0.3, 0.4) is 0 Å². The summed E-state index contributed by atoms with van der Waals surface area (Å²) in [7, 11) is 0. The smallest absolute Gasteiger partial charge is 0.238 e. The van der Waals surface area contributed by atoms with Gasteiger partial charge in [-0.2, -0.15) is 0 Å². The fourth-order valence-electron chi connectivity index (χ4n) is 3.20. The number of hydrogen-bond acceptors (Lipinski definition) is 6. The van der Waals surface area contributed by atoms with Crippen molar-refractivity contribution >= 4 is 46.1 Å². The van der Waals surface area contributed by atoms with Crippen molar-refractivity contribution in [2.24, 2.45) is 0 Å². The normalized spacial score (nSPS) is 15.5. The largest absolute Gasteiger partial charge is 0.463 e. The molecule has 0 saturated carbocycles. The summed E-state index contributed by atoms with van der Waals surface area (Å²) in [5, 5.41) is 6.86. The molecule has 0 aliphatic carbocycles. The van der Waals surface area contributed by atoms with Crippen molar-refractivity contribution in [3.8, 4) is 11.5 Å². The van der Waals surface area contributed by atoms with E-state index in [1.807, 2.05) is 17.5 Å². The van der Waals surface area contributed by atoms with Crippen LogP contribution >= 0.6 is 34.5 Å². The van der Waals surface area contributed by atoms with Crippen molar-refractivity contribution in [3.05, 3.63) is 57.0 Å². The van der Waals surface area contributed by atoms with Crippen LogP contribution in [-0.2, 0) is 11.3 Å². The number of amides is 1. The van der Waals surface area contributed by atoms with Crippen LogP contribution in [0.1, 0.15) is 5.01 Å². The first-order chi connectivity index (χ1) is 14.1. The molecule has 29 heavy (non-hydrogen) atoms. The van der Waals surface area contributed by atoms with Gasteiger partial charge in [0.1, 0.15) is 10.7 Å². The van der Waals surface area contributed by atoms with Gasteiger partial charge in [0.05, 0.1) is 29.4 Å². The Bertz CT molecular complexity index is 969. The Morgan fingerprint density at radius 1 is 1.14 bits per heavy atom. The fraction of sp³-hybridized carbons (Fsp3) is 0.300. The number of aromatic nitrogens is 1. The van der Waals surface area contributed by atoms with Crippen LogP contribution in [0.5, 0.6) is 0 Å². The summed E-state index contributed by atoms with van der Waals surface area (Å²) in [6, 6.07) is 8.86. The van der Waals surface area contributed by atoms with Gasteiger partial charge < -0.3 is 9.73 Å². The van der Waals surface area contributed by atoms with E-state index in [2.05, 4.69) is 20.1 Å². The van der Waals surface area contributed by atoms with E-state index in [0.29, 0.717) is 22.3 Å². The van der Waals surface area contributed by atoms with Crippen molar-refractivity contribution in [1.82, 2.24) is 14.8 Å². The van der Waals surface area contributed by atoms with Crippen LogP contribution in [0.4, 0.5) is 5.69 Å². The third-order valence-electron chi connectivity index (χ3n) is 4.72. The van der Waals surface area contributed by atoms with E-state index in [4.69, 9.17) is 27.6 Å². The first-order valence-electron chi connectivity index (χ1n) is 9.25. The van der Waals surface area contributed by atoms with Crippen LogP contribution in [0, 0.1) is 0 Å². The van der Waals surface area contributed by atoms with Crippen molar-refractivity contribution in [3.63, 3.8) is 0 Å². The minimum absolute atomic E-state index is 0.0557. The number of hydrogen-bond donors (Lipinski definition) is 1. The average Bonchev–Trinajstić information content (AvgIpc) is 3.38. The van der Waals surface area contributed by atoms with Gasteiger partial charge in [-0.05, 0) is 30.3 Å². The zero-order chi connectivity index (χ0) is 20.2. The van der Waals surface area contributed by atoms with Gasteiger partial charge in [0.25, 0.3) is 0 Å². The van der Waals surface area contributed by atoms with Gasteiger partial charge in [0.15, 0.2) is 5.76 Å². The highest BCUT2D eigenvalue weighted by Gasteiger charge is 2.20. The third kappa shape index (κ3) is 5.38. The lowest BCUT2D eigenvalue weighted by Crippen LogP contribution is -2.48. The van der Waals surface area contributed by atoms with Crippen molar-refractivity contribution < 1.29 is 9.21 Å². The van der Waals surface area contributed by atoms with Gasteiger partial charge >= 0.3 is 0 Å². The van der Waals surface area contributed by atoms with E-state index >= 15 is 0 Å². The number of furan rings is 1. The van der Waals surface area contributed by atoms with Crippen LogP contribution in [-0.4, -0.2) is 53.4 Å². The Balaban J connectivity index is 1.23. The molecule has 3 aromatic rings. The lowest BCUT2D eigenvalue weighted by Gasteiger charge is -2.33. The van der Waals surface area contributed by atoms with E-state index in [1.54, 1.807) is 35.8 Å². The molecule has 0 atom stereocenters. The van der Waals surface area contributed by atoms with E-state index in [-0.39, 0.29) is 5.91 Å². The number of piperazine rings is 1. The molecule has 1 N–H and O–H groups in total. The molecule has 0 radical (unpaired) electrons. The Labute approximate surface area is 183 Å². The average molecular weight is 451 g/mol. The highest BCUT2D eigenvalue weighted by atomic mass is 35.5. The molecule has 3 heterocycles. The number of nitrogens with zero attached hydrogens (tertiary/aromatic N) is 3. The fourth-order valence-corrected chi connectivity index (χ4v) is 4.32. The molecule has 6 nitrogen and oxygen atoms in total. The van der Waals surface area contributed by atoms with Gasteiger partial charge in [-0.25, -0.2) is 4.98 Å². The summed E-state index contributed by atoms with van der Waals surface area (Å²) < 4.78 is 5.40. The topological polar surface area (TPSA) is 61.6 Å². The highest BCUT2D eigenvalue weighted by molar-refractivity contribution is 7.09. The molecule has 4 rings (SSSR count). The summed E-state index contributed by atoms with van der Waals surface area (Å²) in [4.78, 5) is 21.5. The number of carbonyl (C=O) groups excluding carboxylic acids is 1. The van der Waals surface area contributed by atoms with Crippen LogP contribution in [0.15, 0.2) is 46.4 Å². The molecule has 1 saturated heterocycles. The number of thiazole rings is 1. The molecule has 1 aliphatic heterocycles. The monoisotopic (exact) mass is 450 g/mol. The molecule has 0 bridgehead atoms. The Hall–Kier alpha value is -1.90. The second-order valence-corrected chi connectivity index (χ2v) is 8.59. The lowest BCUT2D eigenvalue weighted by atomic mass is 10.3. The summed E-state index contributed by atoms with van der Waals surface area (Å²) >= 11 is 13.5. The maximum absolute atomic E-state index is 12.3. The zero-order valence-corrected chi connectivity index (χ0v) is 17.9. The number of nitrogens with one attached hydrogen (secondary N) is 1. The molecule has 1 aliphatic rings. The van der Waals surface area contributed by atoms with Crippen molar-refractivity contribution in [1.29, 1.82) is 0 Å². The van der Waals surface area contributed by atoms with Gasteiger partial charge in [-0.3, -0.25) is 14.6 Å². The van der Waals surface area contributed by atoms with E-state index in [0.717, 1.165) is 49.2 Å². The minimum Gasteiger partial charge on any atom is -0.463 e. The molecule has 1 amide bonds. The SMILES string of the molecule is O=C(CN1CCN(Cc2nc(-c3ccco3)cs2)CC1)Nc1ccc(Cl)c(Cl)c1. The summed E-state index contributed by atoms with van der Waals surface area (Å²) in [6.45, 7) is 4.64. The molecular weight excluding hydrogens is 431 g/mol. The number of anilines is 1. The van der Waals surface area contributed by atoms with E-state index in [1.165, 1.54) is 0 Å². The zero-order valence-electron chi connectivity index (χ0n) is 15.6. The summed E-state index contributed by atoms with van der Waals surface area (Å²) in [5.41, 5.74) is 1.53. The highest BCUT2D eigenvalue weighted by Crippen LogP contribution is 2.25. The van der Waals surface area contributed by atoms with E-state index < -0.39 is 0 Å². The first kappa shape index (κ1) is 20.4. The predicted molar refractivity (Wildman–Crippen MR) is 117 cm³/mol. The molecule has 1 aromatic carbocycles. The maximum Gasteiger partial charge on any atom is 0.238 e. The number of halogens is 2. The van der Waals surface area contributed by atoms with Gasteiger partial charge in [0.2, 0.25) is 5.91 Å². The molecule has 2 aromatic heterocycles. The molecule has 1 fully saturated rings.